The maximum atomic E-state index is 12.1. The van der Waals surface area contributed by atoms with Crippen molar-refractivity contribution in [3.05, 3.63) is 11.6 Å². The number of allylic oxidation sites excluding steroid dienone is 1. The highest BCUT2D eigenvalue weighted by Gasteiger charge is 2.52. The lowest BCUT2D eigenvalue weighted by Crippen LogP contribution is -2.62. The van der Waals surface area contributed by atoms with Crippen LogP contribution in [0.25, 0.3) is 0 Å². The van der Waals surface area contributed by atoms with E-state index in [1.807, 2.05) is 0 Å². The maximum Gasteiger partial charge on any atom is 0.330 e. The molecule has 0 aliphatic carbocycles. The van der Waals surface area contributed by atoms with Crippen LogP contribution in [-0.4, -0.2) is 29.8 Å². The van der Waals surface area contributed by atoms with Crippen molar-refractivity contribution in [3.8, 4) is 0 Å². The summed E-state index contributed by atoms with van der Waals surface area (Å²) in [5.41, 5.74) is -0.561. The van der Waals surface area contributed by atoms with Gasteiger partial charge in [-0.25, -0.2) is 4.79 Å². The number of rotatable bonds is 2. The molecule has 1 N–H and O–H groups in total. The summed E-state index contributed by atoms with van der Waals surface area (Å²) in [5.74, 6) is -0.988. The summed E-state index contributed by atoms with van der Waals surface area (Å²) in [6.07, 6.45) is 2.07. The van der Waals surface area contributed by atoms with Crippen molar-refractivity contribution in [1.82, 2.24) is 10.2 Å². The number of nitrogens with zero attached hydrogens (tertiary/aromatic N) is 1. The first kappa shape index (κ1) is 12.4. The predicted molar refractivity (Wildman–Crippen MR) is 58.5 cm³/mol. The van der Waals surface area contributed by atoms with Crippen molar-refractivity contribution in [1.29, 1.82) is 0 Å². The van der Waals surface area contributed by atoms with Crippen LogP contribution >= 0.6 is 0 Å². The molecule has 1 fully saturated rings. The van der Waals surface area contributed by atoms with Crippen LogP contribution < -0.4 is 5.32 Å². The maximum absolute atomic E-state index is 12.1. The molecule has 0 aromatic heterocycles. The molecule has 0 saturated carbocycles. The Morgan fingerprint density at radius 3 is 2.44 bits per heavy atom. The van der Waals surface area contributed by atoms with E-state index in [9.17, 15) is 14.4 Å². The van der Waals surface area contributed by atoms with E-state index in [0.29, 0.717) is 12.0 Å². The molecule has 1 saturated heterocycles. The number of imide groups is 2. The molecule has 1 atom stereocenters. The third-order valence-corrected chi connectivity index (χ3v) is 3.22. The first-order chi connectivity index (χ1) is 7.41. The fourth-order valence-electron chi connectivity index (χ4n) is 1.95. The van der Waals surface area contributed by atoms with E-state index < -0.39 is 23.3 Å². The summed E-state index contributed by atoms with van der Waals surface area (Å²) in [6, 6.07) is -0.664. The molecule has 0 bridgehead atoms. The molecule has 0 radical (unpaired) electrons. The third kappa shape index (κ3) is 1.43. The van der Waals surface area contributed by atoms with Crippen LogP contribution in [0, 0.1) is 5.41 Å². The lowest BCUT2D eigenvalue weighted by Gasteiger charge is -2.37. The van der Waals surface area contributed by atoms with Gasteiger partial charge in [-0.2, -0.15) is 0 Å². The number of carbonyl (C=O) groups is 3. The Balaban J connectivity index is 3.33. The van der Waals surface area contributed by atoms with Crippen molar-refractivity contribution >= 4 is 17.8 Å². The summed E-state index contributed by atoms with van der Waals surface area (Å²) in [4.78, 5) is 36.2. The van der Waals surface area contributed by atoms with Crippen LogP contribution in [0.5, 0.6) is 0 Å². The van der Waals surface area contributed by atoms with Gasteiger partial charge in [0.05, 0.1) is 0 Å². The summed E-state index contributed by atoms with van der Waals surface area (Å²) >= 11 is 0. The van der Waals surface area contributed by atoms with Crippen LogP contribution in [0.15, 0.2) is 11.6 Å². The van der Waals surface area contributed by atoms with Gasteiger partial charge in [0.1, 0.15) is 5.41 Å². The Bertz CT molecular complexity index is 387. The van der Waals surface area contributed by atoms with Crippen LogP contribution in [0.4, 0.5) is 4.79 Å². The average molecular weight is 224 g/mol. The number of hydrogen-bond donors (Lipinski definition) is 1. The molecule has 1 aliphatic rings. The minimum Gasteiger partial charge on any atom is -0.276 e. The van der Waals surface area contributed by atoms with Crippen molar-refractivity contribution in [2.24, 2.45) is 5.41 Å². The zero-order valence-electron chi connectivity index (χ0n) is 9.96. The van der Waals surface area contributed by atoms with Crippen LogP contribution in [0.2, 0.25) is 0 Å². The van der Waals surface area contributed by atoms with Gasteiger partial charge in [-0.05, 0) is 20.3 Å². The number of amides is 4. The molecule has 0 unspecified atom stereocenters. The average Bonchev–Trinajstić information content (AvgIpc) is 2.27. The number of hydrogen-bond acceptors (Lipinski definition) is 3. The Morgan fingerprint density at radius 2 is 2.00 bits per heavy atom. The highest BCUT2D eigenvalue weighted by atomic mass is 16.2. The van der Waals surface area contributed by atoms with Gasteiger partial charge in [0, 0.05) is 7.05 Å². The van der Waals surface area contributed by atoms with Gasteiger partial charge in [0.25, 0.3) is 0 Å². The SMILES string of the molecule is C/C=C(/C)[C@@]1(CC)C(=O)NC(=O)N(C)C1=O. The summed E-state index contributed by atoms with van der Waals surface area (Å²) in [7, 11) is 1.37. The minimum atomic E-state index is -1.22. The normalized spacial score (nSPS) is 27.1. The topological polar surface area (TPSA) is 66.5 Å². The monoisotopic (exact) mass is 224 g/mol. The second kappa shape index (κ2) is 4.08. The van der Waals surface area contributed by atoms with Crippen LogP contribution in [-0.2, 0) is 9.59 Å². The Morgan fingerprint density at radius 1 is 1.44 bits per heavy atom. The van der Waals surface area contributed by atoms with Gasteiger partial charge in [0.15, 0.2) is 0 Å². The summed E-state index contributed by atoms with van der Waals surface area (Å²) < 4.78 is 0. The molecule has 16 heavy (non-hydrogen) atoms. The fourth-order valence-corrected chi connectivity index (χ4v) is 1.95. The molecule has 1 rings (SSSR count). The number of barbiturate groups is 1. The number of carbonyl (C=O) groups excluding carboxylic acids is 3. The fraction of sp³-hybridized carbons (Fsp3) is 0.545. The number of nitrogens with one attached hydrogen (secondary N) is 1. The van der Waals surface area contributed by atoms with Crippen LogP contribution in [0.3, 0.4) is 0 Å². The molecular formula is C11H16N2O3. The van der Waals surface area contributed by atoms with Crippen molar-refractivity contribution in [3.63, 3.8) is 0 Å². The molecule has 0 aromatic rings. The molecule has 0 aromatic carbocycles. The van der Waals surface area contributed by atoms with Gasteiger partial charge >= 0.3 is 6.03 Å². The van der Waals surface area contributed by atoms with E-state index >= 15 is 0 Å². The Labute approximate surface area is 94.5 Å². The van der Waals surface area contributed by atoms with Gasteiger partial charge in [0.2, 0.25) is 11.8 Å². The zero-order valence-corrected chi connectivity index (χ0v) is 9.96. The highest BCUT2D eigenvalue weighted by molar-refractivity contribution is 6.20. The number of urea groups is 1. The summed E-state index contributed by atoms with van der Waals surface area (Å²) in [6.45, 7) is 5.25. The molecule has 88 valence electrons. The van der Waals surface area contributed by atoms with Gasteiger partial charge < -0.3 is 0 Å². The van der Waals surface area contributed by atoms with Gasteiger partial charge in [-0.1, -0.05) is 18.6 Å². The molecule has 4 amide bonds. The lowest BCUT2D eigenvalue weighted by molar-refractivity contribution is -0.148. The van der Waals surface area contributed by atoms with E-state index in [4.69, 9.17) is 0 Å². The van der Waals surface area contributed by atoms with Gasteiger partial charge in [-0.3, -0.25) is 19.8 Å². The molecule has 5 nitrogen and oxygen atoms in total. The second-order valence-corrected chi connectivity index (χ2v) is 3.85. The molecule has 1 heterocycles. The largest absolute Gasteiger partial charge is 0.330 e. The van der Waals surface area contributed by atoms with Crippen LogP contribution in [0.1, 0.15) is 27.2 Å². The van der Waals surface area contributed by atoms with E-state index in [2.05, 4.69) is 5.32 Å². The zero-order chi connectivity index (χ0) is 12.5. The second-order valence-electron chi connectivity index (χ2n) is 3.85. The molecule has 1 aliphatic heterocycles. The standard InChI is InChI=1S/C11H16N2O3/c1-5-7(3)11(6-2)8(14)12-10(16)13(4)9(11)15/h5H,6H2,1-4H3,(H,12,14,16)/b7-5-/t11-/m0/s1. The predicted octanol–water partition coefficient (Wildman–Crippen LogP) is 1.06. The van der Waals surface area contributed by atoms with Crippen molar-refractivity contribution in [2.75, 3.05) is 7.05 Å². The minimum absolute atomic E-state index is 0.339. The van der Waals surface area contributed by atoms with E-state index in [1.54, 1.807) is 26.8 Å². The van der Waals surface area contributed by atoms with E-state index in [-0.39, 0.29) is 0 Å². The molecular weight excluding hydrogens is 208 g/mol. The smallest absolute Gasteiger partial charge is 0.276 e. The Kier molecular flexibility index (Phi) is 3.16. The first-order valence-corrected chi connectivity index (χ1v) is 5.18. The third-order valence-electron chi connectivity index (χ3n) is 3.22. The van der Waals surface area contributed by atoms with Crippen molar-refractivity contribution in [2.45, 2.75) is 27.2 Å². The highest BCUT2D eigenvalue weighted by Crippen LogP contribution is 2.35. The quantitative estimate of drug-likeness (QED) is 0.563. The first-order valence-electron chi connectivity index (χ1n) is 5.18. The van der Waals surface area contributed by atoms with E-state index in [0.717, 1.165) is 4.90 Å². The summed E-state index contributed by atoms with van der Waals surface area (Å²) in [5, 5.41) is 2.20. The van der Waals surface area contributed by atoms with Crippen molar-refractivity contribution < 1.29 is 14.4 Å². The van der Waals surface area contributed by atoms with E-state index in [1.165, 1.54) is 7.05 Å². The van der Waals surface area contributed by atoms with Gasteiger partial charge in [-0.15, -0.1) is 0 Å². The molecule has 0 spiro atoms. The Hall–Kier alpha value is -1.65. The lowest BCUT2D eigenvalue weighted by atomic mass is 9.75. The molecule has 5 heteroatoms.